The number of alkyl halides is 3. The van der Waals surface area contributed by atoms with Gasteiger partial charge in [-0.2, -0.15) is 0 Å². The van der Waals surface area contributed by atoms with Crippen LogP contribution in [-0.4, -0.2) is 35.3 Å². The molecule has 0 aliphatic carbocycles. The molecule has 1 atom stereocenters. The van der Waals surface area contributed by atoms with Gasteiger partial charge in [0.15, 0.2) is 0 Å². The van der Waals surface area contributed by atoms with E-state index in [9.17, 15) is 22.4 Å². The van der Waals surface area contributed by atoms with Crippen LogP contribution in [0.25, 0.3) is 11.1 Å². The summed E-state index contributed by atoms with van der Waals surface area (Å²) in [4.78, 5) is 23.7. The van der Waals surface area contributed by atoms with Crippen molar-refractivity contribution in [1.82, 2.24) is 9.97 Å². The first-order chi connectivity index (χ1) is 16.6. The van der Waals surface area contributed by atoms with E-state index in [1.807, 2.05) is 0 Å². The number of hydrogen-bond acceptors (Lipinski definition) is 5. The number of benzene rings is 1. The Morgan fingerprint density at radius 2 is 1.91 bits per heavy atom. The molecule has 3 heterocycles. The second-order valence-electron chi connectivity index (χ2n) is 8.42. The van der Waals surface area contributed by atoms with Crippen LogP contribution in [0.3, 0.4) is 0 Å². The summed E-state index contributed by atoms with van der Waals surface area (Å²) in [6.07, 6.45) is 0.250. The predicted molar refractivity (Wildman–Crippen MR) is 124 cm³/mol. The fourth-order valence-corrected chi connectivity index (χ4v) is 4.00. The average Bonchev–Trinajstić information content (AvgIpc) is 3.30. The lowest BCUT2D eigenvalue weighted by Gasteiger charge is -2.21. The second-order valence-corrected chi connectivity index (χ2v) is 8.42. The zero-order valence-electron chi connectivity index (χ0n) is 19.2. The molecular formula is C25H24F4N4O2. The maximum Gasteiger partial charge on any atom is 0.573 e. The molecule has 1 saturated heterocycles. The standard InChI is InChI=1S/C25H24F4N4O2/c1-3-16-8-9-33(14-16)23-21(17-11-22(26)15(2)30-12-17)10-18(13-31-23)24(34)32-19-4-6-20(7-5-19)35-25(27,28)29/h4-7,10-13,16H,3,8-9,14H2,1-2H3,(H,32,34)/t16-/m0/s1. The molecule has 1 N–H and O–H groups in total. The maximum atomic E-state index is 14.3. The Hall–Kier alpha value is -3.69. The van der Waals surface area contributed by atoms with Crippen molar-refractivity contribution in [2.45, 2.75) is 33.1 Å². The van der Waals surface area contributed by atoms with Gasteiger partial charge in [-0.25, -0.2) is 9.37 Å². The normalized spacial score (nSPS) is 15.8. The van der Waals surface area contributed by atoms with Crippen LogP contribution < -0.4 is 15.0 Å². The summed E-state index contributed by atoms with van der Waals surface area (Å²) in [5.74, 6) is -0.185. The van der Waals surface area contributed by atoms with E-state index < -0.39 is 23.8 Å². The highest BCUT2D eigenvalue weighted by Crippen LogP contribution is 2.34. The molecule has 3 aromatic rings. The Morgan fingerprint density at radius 3 is 2.54 bits per heavy atom. The summed E-state index contributed by atoms with van der Waals surface area (Å²) in [6, 6.07) is 7.82. The van der Waals surface area contributed by atoms with Crippen molar-refractivity contribution in [3.05, 3.63) is 65.9 Å². The number of nitrogens with one attached hydrogen (secondary N) is 1. The lowest BCUT2D eigenvalue weighted by atomic mass is 10.0. The zero-order valence-corrected chi connectivity index (χ0v) is 19.2. The van der Waals surface area contributed by atoms with E-state index in [0.717, 1.165) is 38.1 Å². The number of aromatic nitrogens is 2. The van der Waals surface area contributed by atoms with E-state index in [4.69, 9.17) is 0 Å². The van der Waals surface area contributed by atoms with Gasteiger partial charge in [0, 0.05) is 42.3 Å². The Morgan fingerprint density at radius 1 is 1.17 bits per heavy atom. The van der Waals surface area contributed by atoms with E-state index in [0.29, 0.717) is 22.9 Å². The summed E-state index contributed by atoms with van der Waals surface area (Å²) in [5, 5.41) is 2.63. The van der Waals surface area contributed by atoms with Crippen molar-refractivity contribution >= 4 is 17.4 Å². The van der Waals surface area contributed by atoms with Gasteiger partial charge in [0.1, 0.15) is 17.4 Å². The number of halogens is 4. The summed E-state index contributed by atoms with van der Waals surface area (Å²) < 4.78 is 55.2. The molecular weight excluding hydrogens is 464 g/mol. The van der Waals surface area contributed by atoms with E-state index in [1.165, 1.54) is 24.4 Å². The third kappa shape index (κ3) is 5.87. The fourth-order valence-electron chi connectivity index (χ4n) is 4.00. The molecule has 1 aliphatic heterocycles. The summed E-state index contributed by atoms with van der Waals surface area (Å²) in [7, 11) is 0. The van der Waals surface area contributed by atoms with Gasteiger partial charge < -0.3 is 15.0 Å². The van der Waals surface area contributed by atoms with Crippen LogP contribution in [0.2, 0.25) is 0 Å². The second kappa shape index (κ2) is 9.89. The Balaban J connectivity index is 1.61. The number of anilines is 2. The van der Waals surface area contributed by atoms with Crippen molar-refractivity contribution in [1.29, 1.82) is 0 Å². The van der Waals surface area contributed by atoms with Gasteiger partial charge in [0.05, 0.1) is 11.3 Å². The van der Waals surface area contributed by atoms with Crippen LogP contribution in [0, 0.1) is 18.7 Å². The van der Waals surface area contributed by atoms with Crippen LogP contribution in [-0.2, 0) is 0 Å². The Bertz CT molecular complexity index is 1220. The molecule has 1 fully saturated rings. The van der Waals surface area contributed by atoms with Crippen LogP contribution in [0.1, 0.15) is 35.8 Å². The van der Waals surface area contributed by atoms with Gasteiger partial charge in [-0.15, -0.1) is 13.2 Å². The summed E-state index contributed by atoms with van der Waals surface area (Å²) in [5.41, 5.74) is 1.84. The molecule has 0 saturated carbocycles. The highest BCUT2D eigenvalue weighted by molar-refractivity contribution is 6.05. The van der Waals surface area contributed by atoms with Gasteiger partial charge in [-0.1, -0.05) is 13.3 Å². The monoisotopic (exact) mass is 488 g/mol. The molecule has 35 heavy (non-hydrogen) atoms. The minimum absolute atomic E-state index is 0.214. The molecule has 1 amide bonds. The van der Waals surface area contributed by atoms with E-state index in [-0.39, 0.29) is 16.9 Å². The molecule has 0 unspecified atom stereocenters. The van der Waals surface area contributed by atoms with E-state index >= 15 is 0 Å². The van der Waals surface area contributed by atoms with Crippen LogP contribution >= 0.6 is 0 Å². The van der Waals surface area contributed by atoms with E-state index in [1.54, 1.807) is 19.2 Å². The van der Waals surface area contributed by atoms with Crippen LogP contribution in [0.4, 0.5) is 29.1 Å². The first-order valence-electron chi connectivity index (χ1n) is 11.2. The van der Waals surface area contributed by atoms with Gasteiger partial charge in [-0.05, 0) is 55.7 Å². The third-order valence-electron chi connectivity index (χ3n) is 5.97. The summed E-state index contributed by atoms with van der Waals surface area (Å²) in [6.45, 7) is 5.32. The molecule has 1 aromatic carbocycles. The maximum absolute atomic E-state index is 14.3. The van der Waals surface area contributed by atoms with Crippen LogP contribution in [0.15, 0.2) is 48.8 Å². The van der Waals surface area contributed by atoms with Crippen molar-refractivity contribution in [2.24, 2.45) is 5.92 Å². The number of carbonyl (C=O) groups excluding carboxylic acids is 1. The molecule has 2 aromatic heterocycles. The van der Waals surface area contributed by atoms with Crippen molar-refractivity contribution < 1.29 is 27.1 Å². The number of ether oxygens (including phenoxy) is 1. The SMILES string of the molecule is CC[C@H]1CCN(c2ncc(C(=O)Nc3ccc(OC(F)(F)F)cc3)cc2-c2cnc(C)c(F)c2)C1. The molecule has 10 heteroatoms. The van der Waals surface area contributed by atoms with Gasteiger partial charge >= 0.3 is 6.36 Å². The van der Waals surface area contributed by atoms with Crippen molar-refractivity contribution in [3.63, 3.8) is 0 Å². The smallest absolute Gasteiger partial charge is 0.406 e. The van der Waals surface area contributed by atoms with Gasteiger partial charge in [0.2, 0.25) is 0 Å². The number of carbonyl (C=O) groups is 1. The van der Waals surface area contributed by atoms with Crippen molar-refractivity contribution in [2.75, 3.05) is 23.3 Å². The van der Waals surface area contributed by atoms with Gasteiger partial charge in [-0.3, -0.25) is 9.78 Å². The number of aryl methyl sites for hydroxylation is 1. The fraction of sp³-hybridized carbons (Fsp3) is 0.320. The molecule has 184 valence electrons. The number of rotatable bonds is 6. The average molecular weight is 488 g/mol. The first kappa shape index (κ1) is 24.4. The number of hydrogen-bond donors (Lipinski definition) is 1. The quantitative estimate of drug-likeness (QED) is 0.433. The zero-order chi connectivity index (χ0) is 25.2. The lowest BCUT2D eigenvalue weighted by Crippen LogP contribution is -2.22. The highest BCUT2D eigenvalue weighted by atomic mass is 19.4. The molecule has 4 rings (SSSR count). The molecule has 0 spiro atoms. The Kier molecular flexibility index (Phi) is 6.90. The highest BCUT2D eigenvalue weighted by Gasteiger charge is 2.31. The lowest BCUT2D eigenvalue weighted by molar-refractivity contribution is -0.274. The summed E-state index contributed by atoms with van der Waals surface area (Å²) >= 11 is 0. The minimum Gasteiger partial charge on any atom is -0.406 e. The van der Waals surface area contributed by atoms with E-state index in [2.05, 4.69) is 31.8 Å². The van der Waals surface area contributed by atoms with Crippen LogP contribution in [0.5, 0.6) is 5.75 Å². The Labute approximate surface area is 200 Å². The number of amides is 1. The predicted octanol–water partition coefficient (Wildman–Crippen LogP) is 5.98. The molecule has 1 aliphatic rings. The van der Waals surface area contributed by atoms with Gasteiger partial charge in [0.25, 0.3) is 5.91 Å². The van der Waals surface area contributed by atoms with Crippen molar-refractivity contribution in [3.8, 4) is 16.9 Å². The topological polar surface area (TPSA) is 67.4 Å². The number of pyridine rings is 2. The molecule has 0 bridgehead atoms. The molecule has 6 nitrogen and oxygen atoms in total. The first-order valence-corrected chi connectivity index (χ1v) is 11.2. The largest absolute Gasteiger partial charge is 0.573 e. The minimum atomic E-state index is -4.80. The molecule has 0 radical (unpaired) electrons. The number of nitrogens with zero attached hydrogens (tertiary/aromatic N) is 3. The third-order valence-corrected chi connectivity index (χ3v) is 5.97.